The summed E-state index contributed by atoms with van der Waals surface area (Å²) in [5.41, 5.74) is 1.82. The molecular weight excluding hydrogens is 382 g/mol. The van der Waals surface area contributed by atoms with Crippen molar-refractivity contribution in [3.05, 3.63) is 69.8 Å². The third kappa shape index (κ3) is 4.17. The smallest absolute Gasteiger partial charge is 0.363 e. The molecule has 25 heavy (non-hydrogen) atoms. The van der Waals surface area contributed by atoms with Crippen LogP contribution in [0.1, 0.15) is 31.4 Å². The number of hydrogen-bond acceptors (Lipinski definition) is 4. The Morgan fingerprint density at radius 2 is 1.92 bits per heavy atom. The van der Waals surface area contributed by atoms with Crippen molar-refractivity contribution in [2.75, 3.05) is 0 Å². The van der Waals surface area contributed by atoms with Crippen LogP contribution in [0, 0.1) is 0 Å². The number of benzene rings is 2. The second-order valence-corrected chi connectivity index (χ2v) is 6.63. The number of carbonyl (C=O) groups excluding carboxylic acids is 1. The van der Waals surface area contributed by atoms with Gasteiger partial charge < -0.3 is 9.47 Å². The predicted molar refractivity (Wildman–Crippen MR) is 102 cm³/mol. The molecule has 1 aliphatic rings. The van der Waals surface area contributed by atoms with Gasteiger partial charge in [0.25, 0.3) is 0 Å². The molecule has 0 bridgehead atoms. The van der Waals surface area contributed by atoms with Gasteiger partial charge in [0.05, 0.1) is 6.10 Å². The van der Waals surface area contributed by atoms with Crippen LogP contribution in [0.4, 0.5) is 0 Å². The molecule has 4 nitrogen and oxygen atoms in total. The van der Waals surface area contributed by atoms with Crippen molar-refractivity contribution < 1.29 is 14.3 Å². The fourth-order valence-corrected chi connectivity index (χ4v) is 2.54. The second kappa shape index (κ2) is 7.66. The third-order valence-electron chi connectivity index (χ3n) is 3.83. The van der Waals surface area contributed by atoms with E-state index in [0.29, 0.717) is 5.90 Å². The number of nitrogens with zero attached hydrogens (tertiary/aromatic N) is 1. The Morgan fingerprint density at radius 3 is 2.64 bits per heavy atom. The molecule has 1 atom stereocenters. The minimum atomic E-state index is -0.462. The van der Waals surface area contributed by atoms with Gasteiger partial charge in [0.1, 0.15) is 5.75 Å². The molecule has 3 rings (SSSR count). The molecule has 0 fully saturated rings. The molecule has 0 saturated heterocycles. The molecule has 0 N–H and O–H groups in total. The van der Waals surface area contributed by atoms with Crippen LogP contribution < -0.4 is 4.74 Å². The highest BCUT2D eigenvalue weighted by Crippen LogP contribution is 2.26. The maximum absolute atomic E-state index is 12.2. The standard InChI is InChI=1S/C20H18BrNO3/c1-3-13(2)24-18-7-5-4-6-15(18)12-17-20(23)25-19(22-17)14-8-10-16(21)11-9-14/h4-13H,3H2,1-2H3/b17-12-. The van der Waals surface area contributed by atoms with Gasteiger partial charge in [-0.25, -0.2) is 9.79 Å². The SMILES string of the molecule is CCC(C)Oc1ccccc1/C=C1\N=C(c2ccc(Br)cc2)OC1=O. The van der Waals surface area contributed by atoms with Crippen molar-refractivity contribution in [1.29, 1.82) is 0 Å². The van der Waals surface area contributed by atoms with Crippen LogP contribution >= 0.6 is 15.9 Å². The number of carbonyl (C=O) groups is 1. The molecule has 0 saturated carbocycles. The maximum atomic E-state index is 12.2. The largest absolute Gasteiger partial charge is 0.490 e. The van der Waals surface area contributed by atoms with Crippen molar-refractivity contribution in [3.8, 4) is 5.75 Å². The van der Waals surface area contributed by atoms with E-state index in [2.05, 4.69) is 27.8 Å². The number of para-hydroxylation sites is 1. The summed E-state index contributed by atoms with van der Waals surface area (Å²) in [5, 5.41) is 0. The number of aliphatic imine (C=N–C) groups is 1. The summed E-state index contributed by atoms with van der Waals surface area (Å²) >= 11 is 3.38. The second-order valence-electron chi connectivity index (χ2n) is 5.72. The van der Waals surface area contributed by atoms with Crippen molar-refractivity contribution in [2.45, 2.75) is 26.4 Å². The number of halogens is 1. The van der Waals surface area contributed by atoms with E-state index in [1.165, 1.54) is 0 Å². The number of ether oxygens (including phenoxy) is 2. The van der Waals surface area contributed by atoms with Gasteiger partial charge in [-0.2, -0.15) is 0 Å². The number of esters is 1. The zero-order valence-corrected chi connectivity index (χ0v) is 15.6. The van der Waals surface area contributed by atoms with E-state index in [1.54, 1.807) is 6.08 Å². The van der Waals surface area contributed by atoms with Crippen LogP contribution in [0.2, 0.25) is 0 Å². The Hall–Kier alpha value is -2.40. The zero-order valence-electron chi connectivity index (χ0n) is 14.0. The minimum absolute atomic E-state index is 0.0944. The van der Waals surface area contributed by atoms with Crippen LogP contribution in [0.5, 0.6) is 5.75 Å². The Kier molecular flexibility index (Phi) is 5.34. The first kappa shape index (κ1) is 17.4. The normalized spacial score (nSPS) is 16.5. The monoisotopic (exact) mass is 399 g/mol. The molecular formula is C20H18BrNO3. The van der Waals surface area contributed by atoms with Gasteiger partial charge in [-0.3, -0.25) is 0 Å². The Bertz CT molecular complexity index is 840. The molecule has 0 aliphatic carbocycles. The molecule has 2 aromatic carbocycles. The minimum Gasteiger partial charge on any atom is -0.490 e. The zero-order chi connectivity index (χ0) is 17.8. The van der Waals surface area contributed by atoms with Crippen molar-refractivity contribution in [2.24, 2.45) is 4.99 Å². The molecule has 1 unspecified atom stereocenters. The molecule has 0 radical (unpaired) electrons. The summed E-state index contributed by atoms with van der Waals surface area (Å²) < 4.78 is 12.2. The van der Waals surface area contributed by atoms with Gasteiger partial charge in [0.2, 0.25) is 5.90 Å². The Morgan fingerprint density at radius 1 is 1.20 bits per heavy atom. The van der Waals surface area contributed by atoms with E-state index in [1.807, 2.05) is 55.5 Å². The number of rotatable bonds is 5. The summed E-state index contributed by atoms with van der Waals surface area (Å²) in [5.74, 6) is 0.574. The van der Waals surface area contributed by atoms with E-state index < -0.39 is 5.97 Å². The predicted octanol–water partition coefficient (Wildman–Crippen LogP) is 4.97. The Balaban J connectivity index is 1.91. The fraction of sp³-hybridized carbons (Fsp3) is 0.200. The fourth-order valence-electron chi connectivity index (χ4n) is 2.28. The molecule has 128 valence electrons. The first-order valence-corrected chi connectivity index (χ1v) is 8.90. The summed E-state index contributed by atoms with van der Waals surface area (Å²) in [6.45, 7) is 4.08. The van der Waals surface area contributed by atoms with Gasteiger partial charge in [-0.1, -0.05) is 41.1 Å². The van der Waals surface area contributed by atoms with Crippen LogP contribution in [0.25, 0.3) is 6.08 Å². The van der Waals surface area contributed by atoms with E-state index in [4.69, 9.17) is 9.47 Å². The molecule has 0 amide bonds. The van der Waals surface area contributed by atoms with E-state index in [-0.39, 0.29) is 11.8 Å². The van der Waals surface area contributed by atoms with E-state index >= 15 is 0 Å². The number of hydrogen-bond donors (Lipinski definition) is 0. The Labute approximate surface area is 155 Å². The van der Waals surface area contributed by atoms with Gasteiger partial charge >= 0.3 is 5.97 Å². The first-order chi connectivity index (χ1) is 12.1. The van der Waals surface area contributed by atoms with E-state index in [0.717, 1.165) is 27.8 Å². The first-order valence-electron chi connectivity index (χ1n) is 8.11. The highest BCUT2D eigenvalue weighted by Gasteiger charge is 2.24. The summed E-state index contributed by atoms with van der Waals surface area (Å²) in [6, 6.07) is 15.0. The average molecular weight is 400 g/mol. The van der Waals surface area contributed by atoms with Crippen LogP contribution in [-0.2, 0) is 9.53 Å². The lowest BCUT2D eigenvalue weighted by atomic mass is 10.1. The molecule has 5 heteroatoms. The lowest BCUT2D eigenvalue weighted by Gasteiger charge is -2.14. The van der Waals surface area contributed by atoms with Gasteiger partial charge in [0.15, 0.2) is 5.70 Å². The van der Waals surface area contributed by atoms with Crippen molar-refractivity contribution >= 4 is 33.9 Å². The topological polar surface area (TPSA) is 47.9 Å². The molecule has 0 spiro atoms. The maximum Gasteiger partial charge on any atom is 0.363 e. The van der Waals surface area contributed by atoms with Crippen LogP contribution in [0.15, 0.2) is 63.7 Å². The van der Waals surface area contributed by atoms with Gasteiger partial charge in [-0.15, -0.1) is 0 Å². The molecule has 1 aliphatic heterocycles. The lowest BCUT2D eigenvalue weighted by Crippen LogP contribution is -2.10. The van der Waals surface area contributed by atoms with Gasteiger partial charge in [0, 0.05) is 15.6 Å². The van der Waals surface area contributed by atoms with Crippen molar-refractivity contribution in [3.63, 3.8) is 0 Å². The molecule has 1 heterocycles. The van der Waals surface area contributed by atoms with E-state index in [9.17, 15) is 4.79 Å². The number of cyclic esters (lactones) is 1. The highest BCUT2D eigenvalue weighted by atomic mass is 79.9. The quantitative estimate of drug-likeness (QED) is 0.526. The molecule has 0 aromatic heterocycles. The summed E-state index contributed by atoms with van der Waals surface area (Å²) in [6.07, 6.45) is 2.70. The highest BCUT2D eigenvalue weighted by molar-refractivity contribution is 9.10. The van der Waals surface area contributed by atoms with Crippen LogP contribution in [-0.4, -0.2) is 18.0 Å². The summed E-state index contributed by atoms with van der Waals surface area (Å²) in [4.78, 5) is 16.5. The average Bonchev–Trinajstić information content (AvgIpc) is 2.98. The molecule has 2 aromatic rings. The third-order valence-corrected chi connectivity index (χ3v) is 4.35. The van der Waals surface area contributed by atoms with Crippen molar-refractivity contribution in [1.82, 2.24) is 0 Å². The van der Waals surface area contributed by atoms with Gasteiger partial charge in [-0.05, 0) is 49.8 Å². The lowest BCUT2D eigenvalue weighted by molar-refractivity contribution is -0.129. The summed E-state index contributed by atoms with van der Waals surface area (Å²) in [7, 11) is 0. The van der Waals surface area contributed by atoms with Crippen LogP contribution in [0.3, 0.4) is 0 Å².